The highest BCUT2D eigenvalue weighted by Crippen LogP contribution is 2.63. The van der Waals surface area contributed by atoms with Crippen molar-refractivity contribution in [2.45, 2.75) is 69.4 Å². The summed E-state index contributed by atoms with van der Waals surface area (Å²) in [5.41, 5.74) is -0.354. The molecule has 0 radical (unpaired) electrons. The molecular weight excluding hydrogens is 478 g/mol. The molecule has 15 heteroatoms. The van der Waals surface area contributed by atoms with Crippen LogP contribution in [0, 0.1) is 23.2 Å². The lowest BCUT2D eigenvalue weighted by Crippen LogP contribution is -2.55. The van der Waals surface area contributed by atoms with Gasteiger partial charge in [-0.3, -0.25) is 9.08 Å². The van der Waals surface area contributed by atoms with Crippen LogP contribution < -0.4 is 4.89 Å². The molecular formula is C16H28O12P2S. The van der Waals surface area contributed by atoms with Crippen LogP contribution in [0.3, 0.4) is 0 Å². The maximum absolute atomic E-state index is 11.9. The molecule has 5 atom stereocenters. The molecule has 1 saturated heterocycles. The highest BCUT2D eigenvalue weighted by Gasteiger charge is 2.61. The molecule has 0 aromatic heterocycles. The summed E-state index contributed by atoms with van der Waals surface area (Å²) in [7, 11) is -15.0. The first-order valence-corrected chi connectivity index (χ1v) is 14.9. The smallest absolute Gasteiger partial charge is 0.470 e. The quantitative estimate of drug-likeness (QED) is 0.220. The lowest BCUT2D eigenvalue weighted by Gasteiger charge is -2.59. The van der Waals surface area contributed by atoms with Crippen molar-refractivity contribution in [3.8, 4) is 0 Å². The normalized spacial score (nSPS) is 44.5. The molecule has 5 unspecified atom stereocenters. The Morgan fingerprint density at radius 1 is 1.13 bits per heavy atom. The summed E-state index contributed by atoms with van der Waals surface area (Å²) in [6.07, 6.45) is -0.0424. The molecule has 0 spiro atoms. The maximum atomic E-state index is 11.9. The third-order valence-electron chi connectivity index (χ3n) is 7.19. The zero-order chi connectivity index (χ0) is 22.8. The molecule has 0 aromatic carbocycles. The predicted octanol–water partition coefficient (Wildman–Crippen LogP) is 0.134. The lowest BCUT2D eigenvalue weighted by molar-refractivity contribution is -0.206. The number of aliphatic hydroxyl groups is 1. The largest absolute Gasteiger partial charge is 0.630 e. The molecule has 4 saturated carbocycles. The van der Waals surface area contributed by atoms with Gasteiger partial charge in [-0.2, -0.15) is 8.42 Å². The topological polar surface area (TPSA) is 203 Å². The summed E-state index contributed by atoms with van der Waals surface area (Å²) in [6, 6.07) is 0. The molecule has 4 bridgehead atoms. The fourth-order valence-electron chi connectivity index (χ4n) is 6.77. The first-order valence-electron chi connectivity index (χ1n) is 10.2. The number of phosphoric acid groups is 1. The van der Waals surface area contributed by atoms with Gasteiger partial charge in [0, 0.05) is 11.8 Å². The van der Waals surface area contributed by atoms with Gasteiger partial charge in [0.25, 0.3) is 7.94 Å². The first-order chi connectivity index (χ1) is 14.1. The van der Waals surface area contributed by atoms with Crippen molar-refractivity contribution >= 4 is 26.2 Å². The second-order valence-corrected chi connectivity index (χ2v) is 13.9. The Morgan fingerprint density at radius 2 is 1.65 bits per heavy atom. The van der Waals surface area contributed by atoms with E-state index in [-0.39, 0.29) is 11.8 Å². The van der Waals surface area contributed by atoms with E-state index in [9.17, 15) is 37.7 Å². The zero-order valence-electron chi connectivity index (χ0n) is 16.6. The summed E-state index contributed by atoms with van der Waals surface area (Å²) < 4.78 is 56.3. The molecule has 0 amide bonds. The van der Waals surface area contributed by atoms with E-state index in [0.717, 1.165) is 38.5 Å². The second kappa shape index (κ2) is 8.18. The summed E-state index contributed by atoms with van der Waals surface area (Å²) in [5, 5.41) is 11.0. The van der Waals surface area contributed by atoms with Gasteiger partial charge >= 0.3 is 18.2 Å². The molecule has 0 aromatic rings. The van der Waals surface area contributed by atoms with Gasteiger partial charge in [-0.1, -0.05) is 3.97 Å². The molecule has 5 fully saturated rings. The van der Waals surface area contributed by atoms with Crippen LogP contribution in [0.4, 0.5) is 0 Å². The SMILES string of the molecule is O=P(O)(O)OC1C(CC[P+]([O-])(O)OS(=O)(=O)O)OC(C23CC4CC(CC(C4)C2)C3)C1O. The molecule has 12 nitrogen and oxygen atoms in total. The van der Waals surface area contributed by atoms with Gasteiger partial charge in [0.1, 0.15) is 18.4 Å². The second-order valence-electron chi connectivity index (χ2n) is 9.58. The maximum Gasteiger partial charge on any atom is 0.470 e. The van der Waals surface area contributed by atoms with Gasteiger partial charge < -0.3 is 24.5 Å². The third kappa shape index (κ3) is 5.50. The monoisotopic (exact) mass is 506 g/mol. The van der Waals surface area contributed by atoms with Gasteiger partial charge in [0.15, 0.2) is 0 Å². The molecule has 31 heavy (non-hydrogen) atoms. The van der Waals surface area contributed by atoms with Crippen LogP contribution in [-0.4, -0.2) is 63.3 Å². The minimum absolute atomic E-state index is 0.354. The van der Waals surface area contributed by atoms with E-state index in [0.29, 0.717) is 17.8 Å². The first kappa shape index (κ1) is 24.4. The van der Waals surface area contributed by atoms with E-state index >= 15 is 0 Å². The van der Waals surface area contributed by atoms with E-state index in [2.05, 4.69) is 3.97 Å². The van der Waals surface area contributed by atoms with Crippen LogP contribution >= 0.6 is 15.8 Å². The number of aliphatic hydroxyl groups excluding tert-OH is 1. The Morgan fingerprint density at radius 3 is 2.10 bits per heavy atom. The standard InChI is InChI=1S/C16H28O12P2S/c17-13-14(27-30(20,21)22)12(1-2-29(18,19)28-31(23,24)25)26-15(13)16-6-9-3-10(7-16)5-11(4-9)8-16/h9-15,17H,1-8H2,(H,18,19)(H2,20,21,22)(H,23,24,25). The van der Waals surface area contributed by atoms with Crippen LogP contribution in [0.2, 0.25) is 0 Å². The van der Waals surface area contributed by atoms with Gasteiger partial charge in [0.2, 0.25) is 0 Å². The van der Waals surface area contributed by atoms with Gasteiger partial charge in [0.05, 0.1) is 12.2 Å². The van der Waals surface area contributed by atoms with Crippen LogP contribution in [0.1, 0.15) is 44.9 Å². The Balaban J connectivity index is 1.52. The molecule has 4 aliphatic carbocycles. The molecule has 1 aliphatic heterocycles. The molecule has 5 N–H and O–H groups in total. The fourth-order valence-corrected chi connectivity index (χ4v) is 9.40. The van der Waals surface area contributed by atoms with Crippen molar-refractivity contribution in [3.63, 3.8) is 0 Å². The summed E-state index contributed by atoms with van der Waals surface area (Å²) >= 11 is 0. The molecule has 1 heterocycles. The number of hydrogen-bond donors (Lipinski definition) is 5. The van der Waals surface area contributed by atoms with Crippen molar-refractivity contribution in [1.82, 2.24) is 0 Å². The fraction of sp³-hybridized carbons (Fsp3) is 1.00. The highest BCUT2D eigenvalue weighted by molar-refractivity contribution is 7.86. The van der Waals surface area contributed by atoms with E-state index in [1.54, 1.807) is 0 Å². The van der Waals surface area contributed by atoms with Gasteiger partial charge in [-0.25, -0.2) is 9.46 Å². The van der Waals surface area contributed by atoms with Crippen molar-refractivity contribution < 1.29 is 55.4 Å². The van der Waals surface area contributed by atoms with E-state index in [4.69, 9.17) is 13.8 Å². The molecule has 5 rings (SSSR count). The lowest BCUT2D eigenvalue weighted by atomic mass is 9.48. The highest BCUT2D eigenvalue weighted by atomic mass is 32.3. The molecule has 5 aliphatic rings. The Labute approximate surface area is 180 Å². The Kier molecular flexibility index (Phi) is 6.43. The number of ether oxygens (including phenoxy) is 1. The summed E-state index contributed by atoms with van der Waals surface area (Å²) in [4.78, 5) is 40.2. The average Bonchev–Trinajstić information content (AvgIpc) is 2.85. The van der Waals surface area contributed by atoms with Crippen LogP contribution in [0.5, 0.6) is 0 Å². The zero-order valence-corrected chi connectivity index (χ0v) is 19.2. The third-order valence-corrected chi connectivity index (χ3v) is 10.2. The minimum atomic E-state index is -5.18. The van der Waals surface area contributed by atoms with Crippen LogP contribution in [-0.2, 0) is 28.2 Å². The minimum Gasteiger partial charge on any atom is -0.630 e. The van der Waals surface area contributed by atoms with Crippen LogP contribution in [0.15, 0.2) is 0 Å². The summed E-state index contributed by atoms with van der Waals surface area (Å²) in [6.45, 7) is 0. The Hall–Kier alpha value is 0.250. The summed E-state index contributed by atoms with van der Waals surface area (Å²) in [5.74, 6) is 1.55. The van der Waals surface area contributed by atoms with Gasteiger partial charge in [-0.15, -0.1) is 0 Å². The number of hydrogen-bond acceptors (Lipinski definition) is 9. The van der Waals surface area contributed by atoms with Crippen LogP contribution in [0.25, 0.3) is 0 Å². The van der Waals surface area contributed by atoms with Gasteiger partial charge in [-0.05, 0) is 56.3 Å². The predicted molar refractivity (Wildman–Crippen MR) is 103 cm³/mol. The molecule has 180 valence electrons. The van der Waals surface area contributed by atoms with Crippen molar-refractivity contribution in [3.05, 3.63) is 0 Å². The van der Waals surface area contributed by atoms with Crippen molar-refractivity contribution in [2.75, 3.05) is 6.16 Å². The van der Waals surface area contributed by atoms with Crippen molar-refractivity contribution in [1.29, 1.82) is 0 Å². The van der Waals surface area contributed by atoms with E-state index in [1.807, 2.05) is 0 Å². The Bertz CT molecular complexity index is 806. The van der Waals surface area contributed by atoms with Crippen molar-refractivity contribution in [2.24, 2.45) is 23.2 Å². The number of phosphoric ester groups is 1. The van der Waals surface area contributed by atoms with E-state index < -0.39 is 56.7 Å². The average molecular weight is 506 g/mol. The van der Waals surface area contributed by atoms with E-state index in [1.165, 1.54) is 0 Å². The number of rotatable bonds is 8.